The van der Waals surface area contributed by atoms with Crippen molar-refractivity contribution in [1.29, 1.82) is 0 Å². The highest BCUT2D eigenvalue weighted by Crippen LogP contribution is 2.34. The Kier molecular flexibility index (Phi) is 5.32. The predicted molar refractivity (Wildman–Crippen MR) is 63.4 cm³/mol. The fourth-order valence-electron chi connectivity index (χ4n) is 1.18. The zero-order chi connectivity index (χ0) is 13.7. The van der Waals surface area contributed by atoms with Crippen molar-refractivity contribution in [1.82, 2.24) is 0 Å². The van der Waals surface area contributed by atoms with Gasteiger partial charge in [-0.2, -0.15) is 0 Å². The Balaban J connectivity index is 2.97. The van der Waals surface area contributed by atoms with Crippen molar-refractivity contribution in [3.05, 3.63) is 28.1 Å². The molecule has 6 nitrogen and oxygen atoms in total. The summed E-state index contributed by atoms with van der Waals surface area (Å²) in [6.45, 7) is -0.432. The average molecular weight is 277 g/mol. The third-order valence-electron chi connectivity index (χ3n) is 2.07. The fourth-order valence-corrected chi connectivity index (χ4v) is 2.04. The highest BCUT2D eigenvalue weighted by atomic mass is 32.2. The summed E-state index contributed by atoms with van der Waals surface area (Å²) < 4.78 is 18.4. The van der Waals surface area contributed by atoms with Crippen molar-refractivity contribution in [2.75, 3.05) is 19.5 Å². The van der Waals surface area contributed by atoms with Gasteiger partial charge in [0.05, 0.1) is 30.8 Å². The van der Waals surface area contributed by atoms with Gasteiger partial charge in [-0.05, 0) is 0 Å². The van der Waals surface area contributed by atoms with Crippen LogP contribution in [0, 0.1) is 15.9 Å². The lowest BCUT2D eigenvalue weighted by atomic mass is 10.3. The molecule has 0 heterocycles. The Labute approximate surface area is 107 Å². The van der Waals surface area contributed by atoms with E-state index in [0.717, 1.165) is 17.8 Å². The highest BCUT2D eigenvalue weighted by molar-refractivity contribution is 7.99. The molecule has 0 saturated heterocycles. The van der Waals surface area contributed by atoms with E-state index in [1.807, 2.05) is 0 Å². The Bertz CT molecular complexity index is 443. The van der Waals surface area contributed by atoms with Gasteiger partial charge in [0, 0.05) is 16.7 Å². The topological polar surface area (TPSA) is 92.8 Å². The molecule has 100 valence electrons. The van der Waals surface area contributed by atoms with Crippen LogP contribution >= 0.6 is 11.8 Å². The third kappa shape index (κ3) is 3.56. The molecular formula is C10H12FNO5S. The second-order valence-corrected chi connectivity index (χ2v) is 4.42. The molecule has 0 aromatic heterocycles. The molecule has 0 bridgehead atoms. The van der Waals surface area contributed by atoms with Crippen LogP contribution in [0.3, 0.4) is 0 Å². The van der Waals surface area contributed by atoms with Crippen LogP contribution in [0.4, 0.5) is 10.1 Å². The molecule has 2 N–H and O–H groups in total. The first kappa shape index (κ1) is 14.7. The number of nitro groups is 1. The second-order valence-electron chi connectivity index (χ2n) is 3.36. The zero-order valence-electron chi connectivity index (χ0n) is 9.50. The second kappa shape index (κ2) is 6.53. The largest absolute Gasteiger partial charge is 0.490 e. The molecule has 0 amide bonds. The number of aliphatic hydroxyl groups excluding tert-OH is 2. The molecule has 1 aromatic rings. The summed E-state index contributed by atoms with van der Waals surface area (Å²) in [6.07, 6.45) is -0.976. The maximum atomic E-state index is 13.6. The molecule has 0 aliphatic rings. The maximum Gasteiger partial charge on any atom is 0.313 e. The average Bonchev–Trinajstić information content (AvgIpc) is 2.36. The van der Waals surface area contributed by atoms with E-state index in [9.17, 15) is 14.5 Å². The monoisotopic (exact) mass is 277 g/mol. The van der Waals surface area contributed by atoms with Crippen molar-refractivity contribution in [2.24, 2.45) is 0 Å². The molecule has 18 heavy (non-hydrogen) atoms. The molecule has 0 spiro atoms. The summed E-state index contributed by atoms with van der Waals surface area (Å²) in [7, 11) is 1.25. The van der Waals surface area contributed by atoms with Crippen LogP contribution in [0.5, 0.6) is 5.75 Å². The van der Waals surface area contributed by atoms with Crippen LogP contribution < -0.4 is 4.74 Å². The van der Waals surface area contributed by atoms with E-state index >= 15 is 0 Å². The van der Waals surface area contributed by atoms with Crippen LogP contribution in [0.1, 0.15) is 0 Å². The van der Waals surface area contributed by atoms with Gasteiger partial charge in [0.15, 0.2) is 5.75 Å². The lowest BCUT2D eigenvalue weighted by Crippen LogP contribution is -2.14. The molecular weight excluding hydrogens is 265 g/mol. The summed E-state index contributed by atoms with van der Waals surface area (Å²) in [5.74, 6) is -0.742. The van der Waals surface area contributed by atoms with E-state index in [1.165, 1.54) is 13.2 Å². The molecule has 1 rings (SSSR count). The van der Waals surface area contributed by atoms with Crippen LogP contribution in [0.15, 0.2) is 17.0 Å². The van der Waals surface area contributed by atoms with E-state index < -0.39 is 29.1 Å². The SMILES string of the molecule is COc1cc(SCC(O)CO)c(F)cc1[N+](=O)[O-]. The normalized spacial score (nSPS) is 12.2. The zero-order valence-corrected chi connectivity index (χ0v) is 10.3. The van der Waals surface area contributed by atoms with Crippen LogP contribution in [-0.4, -0.2) is 40.7 Å². The molecule has 8 heteroatoms. The first-order valence-electron chi connectivity index (χ1n) is 4.93. The number of hydrogen-bond donors (Lipinski definition) is 2. The molecule has 0 aliphatic carbocycles. The smallest absolute Gasteiger partial charge is 0.313 e. The van der Waals surface area contributed by atoms with Gasteiger partial charge in [-0.15, -0.1) is 11.8 Å². The van der Waals surface area contributed by atoms with Gasteiger partial charge in [0.1, 0.15) is 5.82 Å². The van der Waals surface area contributed by atoms with Gasteiger partial charge in [0.2, 0.25) is 0 Å². The molecule has 1 aromatic carbocycles. The summed E-state index contributed by atoms with van der Waals surface area (Å²) >= 11 is 0.942. The molecule has 1 unspecified atom stereocenters. The van der Waals surface area contributed by atoms with Gasteiger partial charge in [-0.1, -0.05) is 0 Å². The minimum absolute atomic E-state index is 0.0533. The summed E-state index contributed by atoms with van der Waals surface area (Å²) in [5, 5.41) is 28.4. The minimum Gasteiger partial charge on any atom is -0.490 e. The molecule has 0 fully saturated rings. The standard InChI is InChI=1S/C10H12FNO5S/c1-17-9-3-10(18-5-6(14)4-13)7(11)2-8(9)12(15)16/h2-3,6,13-14H,4-5H2,1H3. The molecule has 0 saturated carbocycles. The molecule has 0 radical (unpaired) electrons. The number of nitrogens with zero attached hydrogens (tertiary/aromatic N) is 1. The number of rotatable bonds is 6. The number of benzene rings is 1. The quantitative estimate of drug-likeness (QED) is 0.461. The summed E-state index contributed by atoms with van der Waals surface area (Å²) in [4.78, 5) is 10.0. The van der Waals surface area contributed by atoms with E-state index in [0.29, 0.717) is 0 Å². The number of nitro benzene ring substituents is 1. The minimum atomic E-state index is -0.976. The number of aliphatic hydroxyl groups is 2. The van der Waals surface area contributed by atoms with Gasteiger partial charge >= 0.3 is 5.69 Å². The van der Waals surface area contributed by atoms with Gasteiger partial charge in [-0.3, -0.25) is 10.1 Å². The number of thioether (sulfide) groups is 1. The Morgan fingerprint density at radius 2 is 2.28 bits per heavy atom. The summed E-state index contributed by atoms with van der Waals surface area (Å²) in [6, 6.07) is 1.97. The Morgan fingerprint density at radius 3 is 2.78 bits per heavy atom. The van der Waals surface area contributed by atoms with E-state index in [4.69, 9.17) is 14.9 Å². The first-order valence-corrected chi connectivity index (χ1v) is 5.91. The lowest BCUT2D eigenvalue weighted by Gasteiger charge is -2.09. The maximum absolute atomic E-state index is 13.6. The fraction of sp³-hybridized carbons (Fsp3) is 0.400. The van der Waals surface area contributed by atoms with Crippen LogP contribution in [-0.2, 0) is 0 Å². The van der Waals surface area contributed by atoms with Crippen molar-refractivity contribution in [3.63, 3.8) is 0 Å². The Morgan fingerprint density at radius 1 is 1.61 bits per heavy atom. The van der Waals surface area contributed by atoms with Gasteiger partial charge in [0.25, 0.3) is 0 Å². The highest BCUT2D eigenvalue weighted by Gasteiger charge is 2.19. The van der Waals surface area contributed by atoms with Crippen molar-refractivity contribution in [2.45, 2.75) is 11.0 Å². The molecule has 0 aliphatic heterocycles. The summed E-state index contributed by atoms with van der Waals surface area (Å²) in [5.41, 5.74) is -0.456. The van der Waals surface area contributed by atoms with Crippen LogP contribution in [0.25, 0.3) is 0 Å². The number of halogens is 1. The lowest BCUT2D eigenvalue weighted by molar-refractivity contribution is -0.386. The van der Waals surface area contributed by atoms with Gasteiger partial charge < -0.3 is 14.9 Å². The molecule has 1 atom stereocenters. The number of ether oxygens (including phenoxy) is 1. The van der Waals surface area contributed by atoms with Crippen molar-refractivity contribution >= 4 is 17.4 Å². The van der Waals surface area contributed by atoms with Gasteiger partial charge in [-0.25, -0.2) is 4.39 Å². The van der Waals surface area contributed by atoms with E-state index in [-0.39, 0.29) is 16.4 Å². The van der Waals surface area contributed by atoms with Crippen molar-refractivity contribution in [3.8, 4) is 5.75 Å². The Hall–Kier alpha value is -1.38. The van der Waals surface area contributed by atoms with E-state index in [1.54, 1.807) is 0 Å². The number of hydrogen-bond acceptors (Lipinski definition) is 6. The first-order chi connectivity index (χ1) is 8.49. The number of methoxy groups -OCH3 is 1. The van der Waals surface area contributed by atoms with Crippen molar-refractivity contribution < 1.29 is 24.3 Å². The third-order valence-corrected chi connectivity index (χ3v) is 3.25. The predicted octanol–water partition coefficient (Wildman–Crippen LogP) is 1.19. The van der Waals surface area contributed by atoms with Crippen LogP contribution in [0.2, 0.25) is 0 Å². The van der Waals surface area contributed by atoms with E-state index in [2.05, 4.69) is 0 Å².